The van der Waals surface area contributed by atoms with Crippen molar-refractivity contribution < 1.29 is 4.79 Å². The summed E-state index contributed by atoms with van der Waals surface area (Å²) in [5, 5.41) is 0. The van der Waals surface area contributed by atoms with E-state index in [0.717, 1.165) is 44.6 Å². The lowest BCUT2D eigenvalue weighted by Gasteiger charge is -2.46. The molecule has 0 bridgehead atoms. The highest BCUT2D eigenvalue weighted by atomic mass is 16.1. The van der Waals surface area contributed by atoms with Gasteiger partial charge < -0.3 is 9.69 Å². The minimum absolute atomic E-state index is 0.132. The van der Waals surface area contributed by atoms with E-state index in [4.69, 9.17) is 0 Å². The maximum atomic E-state index is 11.1. The van der Waals surface area contributed by atoms with Crippen molar-refractivity contribution in [1.82, 2.24) is 14.9 Å². The Bertz CT molecular complexity index is 411. The van der Waals surface area contributed by atoms with Gasteiger partial charge in [-0.15, -0.1) is 0 Å². The molecule has 0 unspecified atom stereocenters. The van der Waals surface area contributed by atoms with Crippen LogP contribution in [0.5, 0.6) is 0 Å². The number of piperazine rings is 1. The molecule has 2 atom stereocenters. The van der Waals surface area contributed by atoms with E-state index in [1.807, 2.05) is 6.20 Å². The number of aldehydes is 1. The molecule has 0 amide bonds. The number of hydrogen-bond acceptors (Lipinski definition) is 5. The Hall–Kier alpha value is -1.49. The minimum Gasteiger partial charge on any atom is -0.352 e. The van der Waals surface area contributed by atoms with Crippen LogP contribution in [-0.4, -0.2) is 52.9 Å². The van der Waals surface area contributed by atoms with Gasteiger partial charge in [0.25, 0.3) is 0 Å². The number of aromatic nitrogens is 2. The first-order chi connectivity index (χ1) is 8.88. The van der Waals surface area contributed by atoms with Gasteiger partial charge in [-0.2, -0.15) is 0 Å². The number of anilines is 1. The zero-order valence-corrected chi connectivity index (χ0v) is 10.4. The van der Waals surface area contributed by atoms with E-state index in [0.29, 0.717) is 6.04 Å². The van der Waals surface area contributed by atoms with Gasteiger partial charge in [-0.05, 0) is 19.3 Å². The third-order valence-corrected chi connectivity index (χ3v) is 4.02. The number of rotatable bonds is 2. The molecule has 2 saturated heterocycles. The number of fused-ring (bicyclic) bond motifs is 1. The Morgan fingerprint density at radius 2 is 2.22 bits per heavy atom. The first kappa shape index (κ1) is 11.6. The summed E-state index contributed by atoms with van der Waals surface area (Å²) in [7, 11) is 0. The zero-order valence-electron chi connectivity index (χ0n) is 10.4. The second-order valence-electron chi connectivity index (χ2n) is 5.04. The molecule has 5 nitrogen and oxygen atoms in total. The average molecular weight is 246 g/mol. The summed E-state index contributed by atoms with van der Waals surface area (Å²) in [6.07, 6.45) is 9.71. The summed E-state index contributed by atoms with van der Waals surface area (Å²) in [5.74, 6) is 0.949. The topological polar surface area (TPSA) is 49.3 Å². The molecule has 2 aliphatic heterocycles. The summed E-state index contributed by atoms with van der Waals surface area (Å²) in [6.45, 7) is 2.84. The van der Waals surface area contributed by atoms with E-state index >= 15 is 0 Å². The summed E-state index contributed by atoms with van der Waals surface area (Å²) in [6, 6.07) is 0.623. The maximum Gasteiger partial charge on any atom is 0.147 e. The van der Waals surface area contributed by atoms with Crippen LogP contribution in [0, 0.1) is 0 Å². The zero-order chi connectivity index (χ0) is 12.4. The highest BCUT2D eigenvalue weighted by molar-refractivity contribution is 5.58. The lowest BCUT2D eigenvalue weighted by molar-refractivity contribution is -0.115. The summed E-state index contributed by atoms with van der Waals surface area (Å²) < 4.78 is 0. The predicted octanol–water partition coefficient (Wildman–Crippen LogP) is 0.719. The van der Waals surface area contributed by atoms with Gasteiger partial charge in [-0.3, -0.25) is 9.88 Å². The molecule has 1 aromatic heterocycles. The quantitative estimate of drug-likeness (QED) is 0.720. The van der Waals surface area contributed by atoms with Crippen molar-refractivity contribution in [1.29, 1.82) is 0 Å². The van der Waals surface area contributed by atoms with E-state index in [1.54, 1.807) is 12.4 Å². The molecule has 2 fully saturated rings. The SMILES string of the molecule is O=C[C@H]1CCC[C@H]2CN(c3cnccn3)CCN21. The van der Waals surface area contributed by atoms with E-state index in [-0.39, 0.29) is 6.04 Å². The van der Waals surface area contributed by atoms with E-state index in [1.165, 1.54) is 6.42 Å². The van der Waals surface area contributed by atoms with Crippen molar-refractivity contribution in [3.63, 3.8) is 0 Å². The Morgan fingerprint density at radius 1 is 1.28 bits per heavy atom. The molecule has 0 aromatic carbocycles. The Balaban J connectivity index is 1.72. The van der Waals surface area contributed by atoms with Crippen LogP contribution in [0.25, 0.3) is 0 Å². The first-order valence-electron chi connectivity index (χ1n) is 6.60. The van der Waals surface area contributed by atoms with Crippen LogP contribution in [-0.2, 0) is 4.79 Å². The molecule has 96 valence electrons. The first-order valence-corrected chi connectivity index (χ1v) is 6.60. The number of carbonyl (C=O) groups excluding carboxylic acids is 1. The smallest absolute Gasteiger partial charge is 0.147 e. The van der Waals surface area contributed by atoms with Gasteiger partial charge in [0, 0.05) is 38.1 Å². The van der Waals surface area contributed by atoms with Crippen LogP contribution in [0.2, 0.25) is 0 Å². The largest absolute Gasteiger partial charge is 0.352 e. The summed E-state index contributed by atoms with van der Waals surface area (Å²) in [5.41, 5.74) is 0. The van der Waals surface area contributed by atoms with Crippen LogP contribution in [0.15, 0.2) is 18.6 Å². The Labute approximate surface area is 107 Å². The molecule has 0 radical (unpaired) electrons. The number of carbonyl (C=O) groups is 1. The number of piperidine rings is 1. The fraction of sp³-hybridized carbons (Fsp3) is 0.615. The fourth-order valence-corrected chi connectivity index (χ4v) is 3.10. The van der Waals surface area contributed by atoms with Crippen LogP contribution in [0.4, 0.5) is 5.82 Å². The Kier molecular flexibility index (Phi) is 3.23. The van der Waals surface area contributed by atoms with Crippen LogP contribution < -0.4 is 4.90 Å². The number of nitrogens with zero attached hydrogens (tertiary/aromatic N) is 4. The van der Waals surface area contributed by atoms with Gasteiger partial charge >= 0.3 is 0 Å². The van der Waals surface area contributed by atoms with Crippen molar-refractivity contribution in [3.8, 4) is 0 Å². The van der Waals surface area contributed by atoms with Gasteiger partial charge in [0.05, 0.1) is 12.2 Å². The molecule has 2 aliphatic rings. The van der Waals surface area contributed by atoms with Gasteiger partial charge in [0.2, 0.25) is 0 Å². The highest BCUT2D eigenvalue weighted by Gasteiger charge is 2.34. The van der Waals surface area contributed by atoms with Crippen LogP contribution in [0.1, 0.15) is 19.3 Å². The molecule has 5 heteroatoms. The second-order valence-corrected chi connectivity index (χ2v) is 5.04. The van der Waals surface area contributed by atoms with Gasteiger partial charge in [-0.25, -0.2) is 4.98 Å². The van der Waals surface area contributed by atoms with Gasteiger partial charge in [0.15, 0.2) is 0 Å². The van der Waals surface area contributed by atoms with Crippen LogP contribution in [0.3, 0.4) is 0 Å². The standard InChI is InChI=1S/C13H18N4O/c18-10-12-3-1-2-11-9-16(6-7-17(11)12)13-8-14-4-5-15-13/h4-5,8,10-12H,1-3,6-7,9H2/t11-,12+/m0/s1. The summed E-state index contributed by atoms with van der Waals surface area (Å²) >= 11 is 0. The van der Waals surface area contributed by atoms with Gasteiger partial charge in [-0.1, -0.05) is 0 Å². The molecule has 18 heavy (non-hydrogen) atoms. The fourth-order valence-electron chi connectivity index (χ4n) is 3.10. The third kappa shape index (κ3) is 2.10. The number of hydrogen-bond donors (Lipinski definition) is 0. The van der Waals surface area contributed by atoms with Crippen molar-refractivity contribution >= 4 is 12.1 Å². The van der Waals surface area contributed by atoms with Crippen molar-refractivity contribution in [3.05, 3.63) is 18.6 Å². The Morgan fingerprint density at radius 3 is 3.00 bits per heavy atom. The lowest BCUT2D eigenvalue weighted by Crippen LogP contribution is -2.59. The highest BCUT2D eigenvalue weighted by Crippen LogP contribution is 2.26. The lowest BCUT2D eigenvalue weighted by atomic mass is 9.94. The van der Waals surface area contributed by atoms with E-state index < -0.39 is 0 Å². The minimum atomic E-state index is 0.132. The average Bonchev–Trinajstić information content (AvgIpc) is 2.47. The molecule has 0 aliphatic carbocycles. The van der Waals surface area contributed by atoms with Crippen molar-refractivity contribution in [2.24, 2.45) is 0 Å². The predicted molar refractivity (Wildman–Crippen MR) is 68.4 cm³/mol. The molecule has 3 rings (SSSR count). The van der Waals surface area contributed by atoms with Crippen LogP contribution >= 0.6 is 0 Å². The van der Waals surface area contributed by atoms with Gasteiger partial charge in [0.1, 0.15) is 12.1 Å². The molecule has 0 N–H and O–H groups in total. The molecule has 0 spiro atoms. The van der Waals surface area contributed by atoms with Crippen molar-refractivity contribution in [2.45, 2.75) is 31.3 Å². The maximum absolute atomic E-state index is 11.1. The molecular formula is C13H18N4O. The van der Waals surface area contributed by atoms with Crippen molar-refractivity contribution in [2.75, 3.05) is 24.5 Å². The molecule has 0 saturated carbocycles. The molecule has 3 heterocycles. The summed E-state index contributed by atoms with van der Waals surface area (Å²) in [4.78, 5) is 24.2. The normalized spacial score (nSPS) is 28.8. The van der Waals surface area contributed by atoms with E-state index in [9.17, 15) is 4.79 Å². The monoisotopic (exact) mass is 246 g/mol. The third-order valence-electron chi connectivity index (χ3n) is 4.02. The molecule has 1 aromatic rings. The second kappa shape index (κ2) is 5.02. The molecular weight excluding hydrogens is 228 g/mol. The van der Waals surface area contributed by atoms with E-state index in [2.05, 4.69) is 19.8 Å².